The molecule has 4 aromatic rings. The van der Waals surface area contributed by atoms with Gasteiger partial charge in [0.1, 0.15) is 6.04 Å². The SMILES string of the molecule is COC(=O)C(Cc1c[nH]c2ccccc12)NC(=O)c1ccc2c(c1)c(=O)n(C)c(=O)n2C. The molecule has 0 radical (unpaired) electrons. The molecule has 2 aromatic carbocycles. The minimum Gasteiger partial charge on any atom is -0.467 e. The molecule has 9 nitrogen and oxygen atoms in total. The summed E-state index contributed by atoms with van der Waals surface area (Å²) >= 11 is 0. The molecule has 0 aliphatic heterocycles. The minimum atomic E-state index is -0.926. The van der Waals surface area contributed by atoms with E-state index in [0.717, 1.165) is 21.0 Å². The second-order valence-electron chi connectivity index (χ2n) is 7.55. The maximum absolute atomic E-state index is 13.0. The van der Waals surface area contributed by atoms with E-state index in [1.165, 1.54) is 30.9 Å². The Morgan fingerprint density at radius 3 is 2.56 bits per heavy atom. The maximum Gasteiger partial charge on any atom is 0.330 e. The molecule has 0 bridgehead atoms. The molecule has 1 atom stereocenters. The normalized spacial score (nSPS) is 12.1. The largest absolute Gasteiger partial charge is 0.467 e. The third-order valence-corrected chi connectivity index (χ3v) is 5.62. The number of nitrogens with zero attached hydrogens (tertiary/aromatic N) is 2. The molecule has 2 heterocycles. The first kappa shape index (κ1) is 21.1. The van der Waals surface area contributed by atoms with Crippen molar-refractivity contribution in [3.05, 3.63) is 80.6 Å². The number of aromatic amines is 1. The molecule has 32 heavy (non-hydrogen) atoms. The van der Waals surface area contributed by atoms with Crippen LogP contribution in [0.5, 0.6) is 0 Å². The predicted molar refractivity (Wildman–Crippen MR) is 120 cm³/mol. The Balaban J connectivity index is 1.66. The van der Waals surface area contributed by atoms with Crippen LogP contribution in [0.25, 0.3) is 21.8 Å². The van der Waals surface area contributed by atoms with Crippen molar-refractivity contribution in [3.63, 3.8) is 0 Å². The average Bonchev–Trinajstić information content (AvgIpc) is 3.22. The molecule has 0 spiro atoms. The predicted octanol–water partition coefficient (Wildman–Crippen LogP) is 1.23. The van der Waals surface area contributed by atoms with Gasteiger partial charge >= 0.3 is 11.7 Å². The summed E-state index contributed by atoms with van der Waals surface area (Å²) in [6.45, 7) is 0. The Kier molecular flexibility index (Phi) is 5.40. The molecule has 1 amide bonds. The van der Waals surface area contributed by atoms with Gasteiger partial charge < -0.3 is 15.0 Å². The van der Waals surface area contributed by atoms with E-state index >= 15 is 0 Å². The van der Waals surface area contributed by atoms with E-state index in [1.54, 1.807) is 19.3 Å². The third-order valence-electron chi connectivity index (χ3n) is 5.62. The lowest BCUT2D eigenvalue weighted by molar-refractivity contribution is -0.142. The highest BCUT2D eigenvalue weighted by atomic mass is 16.5. The number of esters is 1. The number of rotatable bonds is 5. The molecule has 2 N–H and O–H groups in total. The summed E-state index contributed by atoms with van der Waals surface area (Å²) in [7, 11) is 4.20. The summed E-state index contributed by atoms with van der Waals surface area (Å²) in [5, 5.41) is 3.89. The molecule has 0 saturated carbocycles. The molecule has 164 valence electrons. The lowest BCUT2D eigenvalue weighted by Crippen LogP contribution is -2.43. The summed E-state index contributed by atoms with van der Waals surface area (Å²) in [5.41, 5.74) is 1.44. The quantitative estimate of drug-likeness (QED) is 0.459. The summed E-state index contributed by atoms with van der Waals surface area (Å²) in [6.07, 6.45) is 2.03. The van der Waals surface area contributed by atoms with Crippen molar-refractivity contribution in [1.82, 2.24) is 19.4 Å². The van der Waals surface area contributed by atoms with Gasteiger partial charge in [-0.2, -0.15) is 0 Å². The molecule has 0 aliphatic carbocycles. The van der Waals surface area contributed by atoms with Gasteiger partial charge in [0.25, 0.3) is 11.5 Å². The lowest BCUT2D eigenvalue weighted by Gasteiger charge is -2.17. The molecular formula is C23H22N4O5. The summed E-state index contributed by atoms with van der Waals surface area (Å²) in [6, 6.07) is 11.2. The first-order chi connectivity index (χ1) is 15.3. The number of H-pyrrole nitrogens is 1. The molecule has 1 unspecified atom stereocenters. The molecule has 2 aromatic heterocycles. The Morgan fingerprint density at radius 1 is 1.06 bits per heavy atom. The van der Waals surface area contributed by atoms with Crippen LogP contribution in [-0.2, 0) is 30.0 Å². The number of ether oxygens (including phenoxy) is 1. The number of carbonyl (C=O) groups excluding carboxylic acids is 2. The van der Waals surface area contributed by atoms with Gasteiger partial charge in [-0.3, -0.25) is 18.7 Å². The van der Waals surface area contributed by atoms with E-state index in [2.05, 4.69) is 10.3 Å². The highest BCUT2D eigenvalue weighted by molar-refractivity contribution is 6.00. The van der Waals surface area contributed by atoms with E-state index in [9.17, 15) is 19.2 Å². The van der Waals surface area contributed by atoms with Crippen molar-refractivity contribution in [2.75, 3.05) is 7.11 Å². The number of carbonyl (C=O) groups is 2. The fourth-order valence-corrected chi connectivity index (χ4v) is 3.83. The van der Waals surface area contributed by atoms with Crippen LogP contribution >= 0.6 is 0 Å². The van der Waals surface area contributed by atoms with Gasteiger partial charge in [0.2, 0.25) is 0 Å². The Bertz CT molecular complexity index is 1480. The van der Waals surface area contributed by atoms with Gasteiger partial charge in [0, 0.05) is 43.2 Å². The van der Waals surface area contributed by atoms with Crippen molar-refractivity contribution in [3.8, 4) is 0 Å². The summed E-state index contributed by atoms with van der Waals surface area (Å²) < 4.78 is 7.21. The zero-order chi connectivity index (χ0) is 23.0. The Hall–Kier alpha value is -4.14. The van der Waals surface area contributed by atoms with Crippen LogP contribution in [-0.4, -0.2) is 39.1 Å². The molecular weight excluding hydrogens is 412 g/mol. The lowest BCUT2D eigenvalue weighted by atomic mass is 10.0. The van der Waals surface area contributed by atoms with E-state index in [-0.39, 0.29) is 17.4 Å². The van der Waals surface area contributed by atoms with E-state index < -0.39 is 29.2 Å². The van der Waals surface area contributed by atoms with Crippen LogP contribution in [0.15, 0.2) is 58.3 Å². The van der Waals surface area contributed by atoms with Crippen molar-refractivity contribution >= 4 is 33.7 Å². The Labute approximate surface area is 182 Å². The monoisotopic (exact) mass is 434 g/mol. The zero-order valence-corrected chi connectivity index (χ0v) is 17.8. The number of benzene rings is 2. The van der Waals surface area contributed by atoms with Crippen molar-refractivity contribution < 1.29 is 14.3 Å². The van der Waals surface area contributed by atoms with Gasteiger partial charge in [-0.15, -0.1) is 0 Å². The molecule has 0 saturated heterocycles. The van der Waals surface area contributed by atoms with Gasteiger partial charge in [0.15, 0.2) is 0 Å². The van der Waals surface area contributed by atoms with E-state index in [1.807, 2.05) is 24.3 Å². The van der Waals surface area contributed by atoms with Crippen LogP contribution in [0.4, 0.5) is 0 Å². The highest BCUT2D eigenvalue weighted by Crippen LogP contribution is 2.20. The van der Waals surface area contributed by atoms with Crippen molar-refractivity contribution in [2.45, 2.75) is 12.5 Å². The van der Waals surface area contributed by atoms with Crippen molar-refractivity contribution in [1.29, 1.82) is 0 Å². The standard InChI is InChI=1S/C23H22N4O5/c1-26-19-9-8-13(10-16(19)21(29)27(2)23(26)31)20(28)25-18(22(30)32-3)11-14-12-24-17-7-5-4-6-15(14)17/h4-10,12,18,24H,11H2,1-3H3,(H,25,28). The number of hydrogen-bond donors (Lipinski definition) is 2. The number of methoxy groups -OCH3 is 1. The van der Waals surface area contributed by atoms with Crippen LogP contribution < -0.4 is 16.6 Å². The first-order valence-electron chi connectivity index (χ1n) is 9.95. The Morgan fingerprint density at radius 2 is 1.81 bits per heavy atom. The molecule has 0 fully saturated rings. The number of para-hydroxylation sites is 1. The summed E-state index contributed by atoms with van der Waals surface area (Å²) in [4.78, 5) is 53.1. The topological polar surface area (TPSA) is 115 Å². The highest BCUT2D eigenvalue weighted by Gasteiger charge is 2.24. The number of hydrogen-bond acceptors (Lipinski definition) is 5. The maximum atomic E-state index is 13.0. The number of aromatic nitrogens is 3. The molecule has 4 rings (SSSR count). The van der Waals surface area contributed by atoms with Gasteiger partial charge in [0.05, 0.1) is 18.0 Å². The number of amides is 1. The van der Waals surface area contributed by atoms with E-state index in [0.29, 0.717) is 5.52 Å². The first-order valence-corrected chi connectivity index (χ1v) is 9.95. The minimum absolute atomic E-state index is 0.195. The zero-order valence-electron chi connectivity index (χ0n) is 17.8. The second kappa shape index (κ2) is 8.18. The third kappa shape index (κ3) is 3.58. The number of fused-ring (bicyclic) bond motifs is 2. The average molecular weight is 434 g/mol. The smallest absolute Gasteiger partial charge is 0.330 e. The molecule has 9 heteroatoms. The fraction of sp³-hybridized carbons (Fsp3) is 0.217. The number of nitrogens with one attached hydrogen (secondary N) is 2. The van der Waals surface area contributed by atoms with Crippen LogP contribution in [0.1, 0.15) is 15.9 Å². The van der Waals surface area contributed by atoms with Crippen LogP contribution in [0.2, 0.25) is 0 Å². The van der Waals surface area contributed by atoms with E-state index in [4.69, 9.17) is 4.74 Å². The van der Waals surface area contributed by atoms with Gasteiger partial charge in [-0.25, -0.2) is 9.59 Å². The van der Waals surface area contributed by atoms with Crippen LogP contribution in [0, 0.1) is 0 Å². The second-order valence-corrected chi connectivity index (χ2v) is 7.55. The number of aryl methyl sites for hydroxylation is 1. The summed E-state index contributed by atoms with van der Waals surface area (Å²) in [5.74, 6) is -1.11. The van der Waals surface area contributed by atoms with Crippen molar-refractivity contribution in [2.24, 2.45) is 14.1 Å². The molecule has 0 aliphatic rings. The fourth-order valence-electron chi connectivity index (χ4n) is 3.83. The van der Waals surface area contributed by atoms with Gasteiger partial charge in [-0.1, -0.05) is 18.2 Å². The van der Waals surface area contributed by atoms with Gasteiger partial charge in [-0.05, 0) is 29.8 Å². The van der Waals surface area contributed by atoms with Crippen LogP contribution in [0.3, 0.4) is 0 Å².